The largest absolute Gasteiger partial charge is 0.389 e. The smallest absolute Gasteiger partial charge is 0.312 e. The number of anilines is 1. The molecule has 7 nitrogen and oxygen atoms in total. The number of unbranched alkanes of at least 4 members (excludes halogenated alkanes) is 1. The third-order valence-electron chi connectivity index (χ3n) is 6.81. The van der Waals surface area contributed by atoms with Crippen LogP contribution in [0.4, 0.5) is 10.2 Å². The zero-order valence-electron chi connectivity index (χ0n) is 17.4. The van der Waals surface area contributed by atoms with E-state index in [9.17, 15) is 9.50 Å². The Labute approximate surface area is 176 Å². The van der Waals surface area contributed by atoms with E-state index in [4.69, 9.17) is 16.9 Å². The lowest BCUT2D eigenvalue weighted by atomic mass is 9.74. The van der Waals surface area contributed by atoms with E-state index in [1.807, 2.05) is 0 Å². The Morgan fingerprint density at radius 1 is 1.33 bits per heavy atom. The Morgan fingerprint density at radius 2 is 2.07 bits per heavy atom. The van der Waals surface area contributed by atoms with E-state index in [1.54, 1.807) is 4.57 Å². The van der Waals surface area contributed by atoms with E-state index in [-0.39, 0.29) is 17.9 Å². The standard InChI is InChI=1S/C22H30FN5O2/c1-3-5-6-14-7-9-15(10-8-14)12-22(4-2)16(29)11-17(30-22)28-13-25-18-19(24)26-21(23)27-20(18)28/h2,13-17,29H,3,5-12H2,1H3,(H2,24,26,27)/t14?,15?,16-,17+,22-/m0/s1. The molecule has 1 aliphatic carbocycles. The van der Waals surface area contributed by atoms with Gasteiger partial charge in [0.25, 0.3) is 0 Å². The summed E-state index contributed by atoms with van der Waals surface area (Å²) >= 11 is 0. The first-order valence-electron chi connectivity index (χ1n) is 10.9. The molecule has 0 unspecified atom stereocenters. The molecule has 0 bridgehead atoms. The summed E-state index contributed by atoms with van der Waals surface area (Å²) in [4.78, 5) is 11.5. The number of nitrogen functional groups attached to an aromatic ring is 1. The van der Waals surface area contributed by atoms with Crippen molar-refractivity contribution in [2.75, 3.05) is 5.73 Å². The molecular weight excluding hydrogens is 385 g/mol. The van der Waals surface area contributed by atoms with Crippen LogP contribution in [0.5, 0.6) is 0 Å². The normalized spacial score (nSPS) is 31.8. The van der Waals surface area contributed by atoms with Gasteiger partial charge in [0.05, 0.1) is 12.4 Å². The number of rotatable bonds is 6. The lowest BCUT2D eigenvalue weighted by Crippen LogP contribution is -2.40. The van der Waals surface area contributed by atoms with Crippen LogP contribution < -0.4 is 5.73 Å². The van der Waals surface area contributed by atoms with Gasteiger partial charge in [0.15, 0.2) is 22.6 Å². The van der Waals surface area contributed by atoms with Gasteiger partial charge in [-0.3, -0.25) is 4.57 Å². The molecule has 30 heavy (non-hydrogen) atoms. The lowest BCUT2D eigenvalue weighted by molar-refractivity contribution is -0.0783. The lowest BCUT2D eigenvalue weighted by Gasteiger charge is -2.35. The minimum absolute atomic E-state index is 0.0298. The van der Waals surface area contributed by atoms with Crippen LogP contribution in [0.3, 0.4) is 0 Å². The molecule has 2 aliphatic rings. The first-order chi connectivity index (χ1) is 14.5. The zero-order valence-corrected chi connectivity index (χ0v) is 17.4. The van der Waals surface area contributed by atoms with E-state index < -0.39 is 24.0 Å². The number of terminal acetylenes is 1. The Hall–Kier alpha value is -2.24. The SMILES string of the molecule is C#C[C@@]1(CC2CCC(CCCC)CC2)O[C@@H](n2cnc3c(N)nc(F)nc32)C[C@@H]1O. The third-order valence-corrected chi connectivity index (χ3v) is 6.81. The second kappa shape index (κ2) is 8.48. The number of fused-ring (bicyclic) bond motifs is 1. The number of nitrogens with zero attached hydrogens (tertiary/aromatic N) is 4. The highest BCUT2D eigenvalue weighted by atomic mass is 19.1. The minimum atomic E-state index is -1.06. The van der Waals surface area contributed by atoms with Gasteiger partial charge in [-0.1, -0.05) is 57.8 Å². The monoisotopic (exact) mass is 415 g/mol. The first-order valence-corrected chi connectivity index (χ1v) is 10.9. The van der Waals surface area contributed by atoms with Gasteiger partial charge in [0.2, 0.25) is 0 Å². The fourth-order valence-electron chi connectivity index (χ4n) is 5.06. The summed E-state index contributed by atoms with van der Waals surface area (Å²) in [6.45, 7) is 2.23. The topological polar surface area (TPSA) is 99.1 Å². The molecule has 0 aromatic carbocycles. The van der Waals surface area contributed by atoms with E-state index in [0.717, 1.165) is 18.8 Å². The molecule has 3 N–H and O–H groups in total. The van der Waals surface area contributed by atoms with Crippen LogP contribution in [0.25, 0.3) is 11.2 Å². The van der Waals surface area contributed by atoms with Gasteiger partial charge in [0, 0.05) is 6.42 Å². The van der Waals surface area contributed by atoms with Gasteiger partial charge >= 0.3 is 6.08 Å². The summed E-state index contributed by atoms with van der Waals surface area (Å²) in [6.07, 6.45) is 14.4. The molecule has 2 fully saturated rings. The number of hydrogen-bond donors (Lipinski definition) is 2. The molecule has 1 saturated heterocycles. The van der Waals surface area contributed by atoms with Crippen molar-refractivity contribution in [1.82, 2.24) is 19.5 Å². The highest BCUT2D eigenvalue weighted by Gasteiger charge is 2.49. The predicted octanol–water partition coefficient (Wildman–Crippen LogP) is 3.59. The van der Waals surface area contributed by atoms with Crippen molar-refractivity contribution < 1.29 is 14.2 Å². The number of aromatic nitrogens is 4. The maximum Gasteiger partial charge on any atom is 0.312 e. The summed E-state index contributed by atoms with van der Waals surface area (Å²) in [5, 5.41) is 10.9. The van der Waals surface area contributed by atoms with E-state index in [2.05, 4.69) is 27.8 Å². The van der Waals surface area contributed by atoms with Crippen LogP contribution in [-0.4, -0.2) is 36.3 Å². The quantitative estimate of drug-likeness (QED) is 0.553. The molecule has 3 heterocycles. The second-order valence-corrected chi connectivity index (χ2v) is 8.79. The van der Waals surface area contributed by atoms with Crippen molar-refractivity contribution in [1.29, 1.82) is 0 Å². The van der Waals surface area contributed by atoms with Gasteiger partial charge in [-0.25, -0.2) is 4.98 Å². The van der Waals surface area contributed by atoms with Crippen molar-refractivity contribution >= 4 is 17.0 Å². The maximum atomic E-state index is 13.7. The Kier molecular flexibility index (Phi) is 5.94. The predicted molar refractivity (Wildman–Crippen MR) is 112 cm³/mol. The summed E-state index contributed by atoms with van der Waals surface area (Å²) in [5.74, 6) is 3.96. The molecule has 0 spiro atoms. The zero-order chi connectivity index (χ0) is 21.3. The average molecular weight is 416 g/mol. The van der Waals surface area contributed by atoms with Crippen LogP contribution in [0.15, 0.2) is 6.33 Å². The minimum Gasteiger partial charge on any atom is -0.389 e. The molecule has 0 radical (unpaired) electrons. The van der Waals surface area contributed by atoms with E-state index >= 15 is 0 Å². The molecule has 8 heteroatoms. The summed E-state index contributed by atoms with van der Waals surface area (Å²) in [7, 11) is 0. The van der Waals surface area contributed by atoms with Crippen LogP contribution in [0.2, 0.25) is 0 Å². The number of imidazole rings is 1. The van der Waals surface area contributed by atoms with Crippen LogP contribution in [-0.2, 0) is 4.74 Å². The Bertz CT molecular complexity index is 933. The van der Waals surface area contributed by atoms with Crippen molar-refractivity contribution in [3.63, 3.8) is 0 Å². The van der Waals surface area contributed by atoms with Crippen molar-refractivity contribution in [3.05, 3.63) is 12.4 Å². The highest BCUT2D eigenvalue weighted by molar-refractivity contribution is 5.81. The van der Waals surface area contributed by atoms with Gasteiger partial charge in [-0.2, -0.15) is 14.4 Å². The molecule has 1 saturated carbocycles. The van der Waals surface area contributed by atoms with Gasteiger partial charge in [-0.15, -0.1) is 6.42 Å². The maximum absolute atomic E-state index is 13.7. The van der Waals surface area contributed by atoms with Crippen molar-refractivity contribution in [2.45, 2.75) is 82.6 Å². The highest BCUT2D eigenvalue weighted by Crippen LogP contribution is 2.44. The van der Waals surface area contributed by atoms with Crippen LogP contribution in [0, 0.1) is 30.3 Å². The van der Waals surface area contributed by atoms with Gasteiger partial charge in [0.1, 0.15) is 6.23 Å². The number of aliphatic hydroxyl groups excluding tert-OH is 1. The molecule has 3 atom stereocenters. The number of halogens is 1. The van der Waals surface area contributed by atoms with Crippen LogP contribution >= 0.6 is 0 Å². The third kappa shape index (κ3) is 3.88. The molecule has 4 rings (SSSR count). The molecule has 1 aliphatic heterocycles. The summed E-state index contributed by atoms with van der Waals surface area (Å²) < 4.78 is 21.5. The molecule has 162 valence electrons. The van der Waals surface area contributed by atoms with E-state index in [1.165, 1.54) is 38.4 Å². The van der Waals surface area contributed by atoms with Crippen molar-refractivity contribution in [2.24, 2.45) is 11.8 Å². The number of ether oxygens (including phenoxy) is 1. The fraction of sp³-hybridized carbons (Fsp3) is 0.682. The second-order valence-electron chi connectivity index (χ2n) is 8.79. The van der Waals surface area contributed by atoms with Crippen molar-refractivity contribution in [3.8, 4) is 12.3 Å². The molecular formula is C22H30FN5O2. The fourth-order valence-corrected chi connectivity index (χ4v) is 5.06. The first kappa shape index (κ1) is 21.0. The van der Waals surface area contributed by atoms with Gasteiger partial charge in [-0.05, 0) is 18.3 Å². The average Bonchev–Trinajstić information content (AvgIpc) is 3.29. The number of hydrogen-bond acceptors (Lipinski definition) is 6. The molecule has 2 aromatic rings. The van der Waals surface area contributed by atoms with Crippen LogP contribution in [0.1, 0.15) is 70.9 Å². The Morgan fingerprint density at radius 3 is 2.77 bits per heavy atom. The number of aliphatic hydroxyl groups is 1. The summed E-state index contributed by atoms with van der Waals surface area (Å²) in [6, 6.07) is 0. The molecule has 2 aromatic heterocycles. The van der Waals surface area contributed by atoms with E-state index in [0.29, 0.717) is 17.9 Å². The van der Waals surface area contributed by atoms with Gasteiger partial charge < -0.3 is 15.6 Å². The Balaban J connectivity index is 1.48. The molecule has 0 amide bonds. The number of nitrogens with two attached hydrogens (primary N) is 1. The summed E-state index contributed by atoms with van der Waals surface area (Å²) in [5.41, 5.74) is 5.24.